The number of nitrogens with one attached hydrogen (secondary N) is 1. The summed E-state index contributed by atoms with van der Waals surface area (Å²) in [6, 6.07) is 15.1. The Balaban J connectivity index is 1.50. The van der Waals surface area contributed by atoms with Crippen LogP contribution in [0.3, 0.4) is 0 Å². The fourth-order valence-corrected chi connectivity index (χ4v) is 5.73. The Labute approximate surface area is 204 Å². The van der Waals surface area contributed by atoms with E-state index in [4.69, 9.17) is 4.74 Å². The van der Waals surface area contributed by atoms with Crippen LogP contribution in [0, 0.1) is 5.82 Å². The molecule has 0 bridgehead atoms. The minimum absolute atomic E-state index is 0.0235. The molecule has 184 valence electrons. The highest BCUT2D eigenvalue weighted by atomic mass is 32.2. The summed E-state index contributed by atoms with van der Waals surface area (Å²) in [6.45, 7) is 3.01. The van der Waals surface area contributed by atoms with Crippen LogP contribution in [0.5, 0.6) is 5.75 Å². The van der Waals surface area contributed by atoms with Gasteiger partial charge in [-0.25, -0.2) is 17.9 Å². The van der Waals surface area contributed by atoms with Gasteiger partial charge < -0.3 is 10.1 Å². The second-order valence-corrected chi connectivity index (χ2v) is 10.5. The smallest absolute Gasteiger partial charge is 0.250 e. The van der Waals surface area contributed by atoms with Crippen LogP contribution in [0.15, 0.2) is 65.6 Å². The number of halogens is 1. The normalized spacial score (nSPS) is 13.8. The molecule has 9 heteroatoms. The molecule has 1 heterocycles. The van der Waals surface area contributed by atoms with E-state index in [1.54, 1.807) is 6.07 Å². The zero-order valence-electron chi connectivity index (χ0n) is 19.5. The second-order valence-electron chi connectivity index (χ2n) is 8.56. The molecule has 3 aromatic carbocycles. The number of fused-ring (bicyclic) bond motifs is 1. The minimum Gasteiger partial charge on any atom is -0.495 e. The number of ether oxygens (including phenoxy) is 1. The number of amides is 1. The highest BCUT2D eigenvalue weighted by Gasteiger charge is 2.25. The number of hydrogen-bond acceptors (Lipinski definition) is 6. The van der Waals surface area contributed by atoms with Crippen LogP contribution < -0.4 is 10.1 Å². The molecule has 1 amide bonds. The summed E-state index contributed by atoms with van der Waals surface area (Å²) < 4.78 is 45.7. The molecule has 7 nitrogen and oxygen atoms in total. The van der Waals surface area contributed by atoms with Crippen molar-refractivity contribution >= 4 is 15.7 Å². The molecule has 0 spiro atoms. The Bertz CT molecular complexity index is 1360. The Hall–Kier alpha value is -3.27. The summed E-state index contributed by atoms with van der Waals surface area (Å²) in [5.74, 6) is -1.25. The van der Waals surface area contributed by atoms with Crippen molar-refractivity contribution in [1.82, 2.24) is 10.4 Å². The van der Waals surface area contributed by atoms with E-state index in [2.05, 4.69) is 5.32 Å². The molecule has 0 radical (unpaired) electrons. The summed E-state index contributed by atoms with van der Waals surface area (Å²) in [7, 11) is -2.36. The van der Waals surface area contributed by atoms with E-state index in [1.165, 1.54) is 56.0 Å². The standard InChI is InChI=1S/C26H27FN2O5S/c1-17(22-5-3-4-6-23(22)27)29(31)26(30)13-18-8-10-25(24(12-18)34-2)35(32,33)16-19-7-9-20-14-28-15-21(20)11-19/h3-12,17,28,31H,13-16H2,1-2H3. The number of hydrogen-bond donors (Lipinski definition) is 2. The second kappa shape index (κ2) is 10.2. The lowest BCUT2D eigenvalue weighted by molar-refractivity contribution is -0.174. The van der Waals surface area contributed by atoms with Gasteiger partial charge in [0.05, 0.1) is 25.3 Å². The van der Waals surface area contributed by atoms with E-state index in [1.807, 2.05) is 18.2 Å². The monoisotopic (exact) mass is 498 g/mol. The van der Waals surface area contributed by atoms with Crippen molar-refractivity contribution in [2.45, 2.75) is 43.1 Å². The first-order valence-corrected chi connectivity index (χ1v) is 12.8. The number of benzene rings is 3. The molecular weight excluding hydrogens is 471 g/mol. The zero-order valence-corrected chi connectivity index (χ0v) is 20.3. The first-order chi connectivity index (χ1) is 16.7. The van der Waals surface area contributed by atoms with Crippen molar-refractivity contribution in [2.24, 2.45) is 0 Å². The third kappa shape index (κ3) is 5.37. The number of carbonyl (C=O) groups excluding carboxylic acids is 1. The third-order valence-corrected chi connectivity index (χ3v) is 7.88. The molecular formula is C26H27FN2O5S. The lowest BCUT2D eigenvalue weighted by atomic mass is 10.1. The average molecular weight is 499 g/mol. The third-order valence-electron chi connectivity index (χ3n) is 6.15. The number of carbonyl (C=O) groups is 1. The maximum absolute atomic E-state index is 14.0. The molecule has 4 rings (SSSR count). The molecule has 0 saturated carbocycles. The van der Waals surface area contributed by atoms with E-state index >= 15 is 0 Å². The van der Waals surface area contributed by atoms with Crippen LogP contribution in [0.4, 0.5) is 4.39 Å². The summed E-state index contributed by atoms with van der Waals surface area (Å²) in [5, 5.41) is 14.1. The van der Waals surface area contributed by atoms with Gasteiger partial charge in [-0.1, -0.05) is 42.5 Å². The fourth-order valence-electron chi connectivity index (χ4n) is 4.23. The Morgan fingerprint density at radius 1 is 1.09 bits per heavy atom. The molecule has 35 heavy (non-hydrogen) atoms. The van der Waals surface area contributed by atoms with Crippen LogP contribution in [0.25, 0.3) is 0 Å². The first-order valence-electron chi connectivity index (χ1n) is 11.2. The topological polar surface area (TPSA) is 95.9 Å². The average Bonchev–Trinajstić information content (AvgIpc) is 3.31. The Kier molecular flexibility index (Phi) is 7.20. The lowest BCUT2D eigenvalue weighted by Gasteiger charge is -2.23. The number of nitrogens with zero attached hydrogens (tertiary/aromatic N) is 1. The largest absolute Gasteiger partial charge is 0.495 e. The van der Waals surface area contributed by atoms with Gasteiger partial charge in [0.25, 0.3) is 5.91 Å². The van der Waals surface area contributed by atoms with Gasteiger partial charge in [-0.3, -0.25) is 10.0 Å². The van der Waals surface area contributed by atoms with Gasteiger partial charge in [0, 0.05) is 18.7 Å². The maximum Gasteiger partial charge on any atom is 0.250 e. The molecule has 0 saturated heterocycles. The van der Waals surface area contributed by atoms with Gasteiger partial charge in [0.15, 0.2) is 9.84 Å². The fraction of sp³-hybridized carbons (Fsp3) is 0.269. The number of rotatable bonds is 8. The molecule has 1 aliphatic rings. The first kappa shape index (κ1) is 24.8. The van der Waals surface area contributed by atoms with Crippen LogP contribution in [-0.2, 0) is 39.9 Å². The van der Waals surface area contributed by atoms with Crippen LogP contribution in [0.2, 0.25) is 0 Å². The van der Waals surface area contributed by atoms with E-state index < -0.39 is 27.6 Å². The van der Waals surface area contributed by atoms with E-state index in [9.17, 15) is 22.8 Å². The Morgan fingerprint density at radius 2 is 1.80 bits per heavy atom. The SMILES string of the molecule is COc1cc(CC(=O)N(O)C(C)c2ccccc2F)ccc1S(=O)(=O)Cc1ccc2c(c1)CNC2. The highest BCUT2D eigenvalue weighted by molar-refractivity contribution is 7.90. The number of sulfone groups is 1. The van der Waals surface area contributed by atoms with E-state index in [0.29, 0.717) is 22.7 Å². The molecule has 0 fully saturated rings. The lowest BCUT2D eigenvalue weighted by Crippen LogP contribution is -2.32. The minimum atomic E-state index is -3.72. The zero-order chi connectivity index (χ0) is 25.2. The van der Waals surface area contributed by atoms with Crippen molar-refractivity contribution in [3.05, 3.63) is 94.3 Å². The van der Waals surface area contributed by atoms with Gasteiger partial charge in [-0.05, 0) is 47.4 Å². The van der Waals surface area contributed by atoms with Crippen molar-refractivity contribution in [2.75, 3.05) is 7.11 Å². The van der Waals surface area contributed by atoms with E-state index in [-0.39, 0.29) is 28.4 Å². The number of methoxy groups -OCH3 is 1. The molecule has 3 aromatic rings. The molecule has 0 aromatic heterocycles. The molecule has 1 atom stereocenters. The summed E-state index contributed by atoms with van der Waals surface area (Å²) >= 11 is 0. The van der Waals surface area contributed by atoms with Crippen molar-refractivity contribution < 1.29 is 27.5 Å². The predicted molar refractivity (Wildman–Crippen MR) is 128 cm³/mol. The molecule has 1 unspecified atom stereocenters. The van der Waals surface area contributed by atoms with Gasteiger partial charge >= 0.3 is 0 Å². The van der Waals surface area contributed by atoms with Crippen LogP contribution >= 0.6 is 0 Å². The summed E-state index contributed by atoms with van der Waals surface area (Å²) in [4.78, 5) is 12.7. The maximum atomic E-state index is 14.0. The predicted octanol–water partition coefficient (Wildman–Crippen LogP) is 3.93. The highest BCUT2D eigenvalue weighted by Crippen LogP contribution is 2.30. The van der Waals surface area contributed by atoms with E-state index in [0.717, 1.165) is 12.1 Å². The van der Waals surface area contributed by atoms with Gasteiger partial charge in [0.1, 0.15) is 16.5 Å². The van der Waals surface area contributed by atoms with Crippen LogP contribution in [-0.4, -0.2) is 31.7 Å². The van der Waals surface area contributed by atoms with Crippen molar-refractivity contribution in [1.29, 1.82) is 0 Å². The summed E-state index contributed by atoms with van der Waals surface area (Å²) in [5.41, 5.74) is 3.59. The number of hydroxylamine groups is 2. The van der Waals surface area contributed by atoms with Crippen LogP contribution in [0.1, 0.15) is 40.8 Å². The van der Waals surface area contributed by atoms with Gasteiger partial charge in [-0.15, -0.1) is 0 Å². The van der Waals surface area contributed by atoms with Crippen molar-refractivity contribution in [3.63, 3.8) is 0 Å². The molecule has 1 aliphatic heterocycles. The van der Waals surface area contributed by atoms with Gasteiger partial charge in [0.2, 0.25) is 0 Å². The van der Waals surface area contributed by atoms with Crippen molar-refractivity contribution in [3.8, 4) is 5.75 Å². The molecule has 2 N–H and O–H groups in total. The quantitative estimate of drug-likeness (QED) is 0.361. The Morgan fingerprint density at radius 3 is 2.54 bits per heavy atom. The molecule has 0 aliphatic carbocycles. The van der Waals surface area contributed by atoms with Gasteiger partial charge in [-0.2, -0.15) is 0 Å². The summed E-state index contributed by atoms with van der Waals surface area (Å²) in [6.07, 6.45) is -0.218.